The van der Waals surface area contributed by atoms with Gasteiger partial charge in [0.1, 0.15) is 43.1 Å². The molecule has 5 aromatic rings. The number of ether oxygens (including phenoxy) is 5. The van der Waals surface area contributed by atoms with Crippen LogP contribution in [0.1, 0.15) is 53.6 Å². The number of hydrogen-bond acceptors (Lipinski definition) is 9. The maximum absolute atomic E-state index is 10.1. The molecule has 0 spiro atoms. The number of pyridine rings is 1. The van der Waals surface area contributed by atoms with Gasteiger partial charge in [0, 0.05) is 62.4 Å². The van der Waals surface area contributed by atoms with Crippen LogP contribution in [0, 0.1) is 25.2 Å². The third-order valence-corrected chi connectivity index (χ3v) is 10.1. The number of benzene rings is 4. The van der Waals surface area contributed by atoms with Gasteiger partial charge in [0.15, 0.2) is 6.29 Å². The van der Waals surface area contributed by atoms with Crippen LogP contribution >= 0.6 is 11.6 Å². The maximum Gasteiger partial charge on any atom is 0.191 e. The second-order valence-electron chi connectivity index (χ2n) is 13.6. The molecule has 0 bridgehead atoms. The van der Waals surface area contributed by atoms with Gasteiger partial charge < -0.3 is 28.8 Å². The van der Waals surface area contributed by atoms with Crippen LogP contribution in [0.5, 0.6) is 17.2 Å². The van der Waals surface area contributed by atoms with E-state index in [1.165, 1.54) is 11.8 Å². The number of rotatable bonds is 17. The Morgan fingerprint density at radius 3 is 2.25 bits per heavy atom. The van der Waals surface area contributed by atoms with Crippen LogP contribution in [-0.2, 0) is 29.2 Å². The minimum Gasteiger partial charge on any atom is -0.488 e. The molecule has 4 aromatic carbocycles. The van der Waals surface area contributed by atoms with Gasteiger partial charge in [-0.15, -0.1) is 0 Å². The topological polar surface area (TPSA) is 106 Å². The molecule has 1 N–H and O–H groups in total. The molecule has 0 aliphatic carbocycles. The summed E-state index contributed by atoms with van der Waals surface area (Å²) in [7, 11) is 0. The Labute approximate surface area is 329 Å². The summed E-state index contributed by atoms with van der Waals surface area (Å²) in [5, 5.41) is 19.9. The molecule has 1 atom stereocenters. The third kappa shape index (κ3) is 10.2. The fraction of sp³-hybridized carbons (Fsp3) is 0.333. The van der Waals surface area contributed by atoms with E-state index in [2.05, 4.69) is 78.3 Å². The first-order valence-corrected chi connectivity index (χ1v) is 19.1. The van der Waals surface area contributed by atoms with Crippen molar-refractivity contribution >= 4 is 11.6 Å². The zero-order valence-corrected chi connectivity index (χ0v) is 32.6. The summed E-state index contributed by atoms with van der Waals surface area (Å²) in [6.07, 6.45) is 3.20. The summed E-state index contributed by atoms with van der Waals surface area (Å²) >= 11 is 6.85. The number of nitriles is 1. The number of likely N-dealkylation sites (tertiary alicyclic amines) is 1. The van der Waals surface area contributed by atoms with Crippen LogP contribution < -0.4 is 14.2 Å². The predicted molar refractivity (Wildman–Crippen MR) is 214 cm³/mol. The lowest BCUT2D eigenvalue weighted by Crippen LogP contribution is -2.25. The summed E-state index contributed by atoms with van der Waals surface area (Å²) in [4.78, 5) is 6.35. The molecule has 0 saturated carbocycles. The Hall–Kier alpha value is -4.95. The molecule has 0 radical (unpaired) electrons. The number of aliphatic hydroxyl groups is 1. The van der Waals surface area contributed by atoms with Crippen molar-refractivity contribution in [2.75, 3.05) is 32.9 Å². The Balaban J connectivity index is 1.19. The van der Waals surface area contributed by atoms with Gasteiger partial charge in [-0.3, -0.25) is 9.88 Å². The Bertz CT molecular complexity index is 2090. The highest BCUT2D eigenvalue weighted by Crippen LogP contribution is 2.37. The minimum absolute atomic E-state index is 0.222. The van der Waals surface area contributed by atoms with Crippen LogP contribution in [0.3, 0.4) is 0 Å². The quantitative estimate of drug-likeness (QED) is 0.0930. The molecule has 0 amide bonds. The van der Waals surface area contributed by atoms with Crippen LogP contribution in [0.25, 0.3) is 22.3 Å². The van der Waals surface area contributed by atoms with Crippen molar-refractivity contribution in [2.24, 2.45) is 0 Å². The molecule has 1 aliphatic rings. The van der Waals surface area contributed by atoms with Crippen LogP contribution in [0.15, 0.2) is 91.3 Å². The van der Waals surface area contributed by atoms with Gasteiger partial charge in [0.2, 0.25) is 0 Å². The number of aliphatic hydroxyl groups excluding tert-OH is 1. The second-order valence-corrected chi connectivity index (χ2v) is 14.0. The Morgan fingerprint density at radius 1 is 0.836 bits per heavy atom. The van der Waals surface area contributed by atoms with Crippen molar-refractivity contribution in [3.8, 4) is 45.6 Å². The fourth-order valence-electron chi connectivity index (χ4n) is 6.87. The molecule has 1 unspecified atom stereocenters. The molecular weight excluding hydrogens is 714 g/mol. The van der Waals surface area contributed by atoms with E-state index in [0.29, 0.717) is 61.6 Å². The largest absolute Gasteiger partial charge is 0.488 e. The summed E-state index contributed by atoms with van der Waals surface area (Å²) < 4.78 is 29.9. The van der Waals surface area contributed by atoms with E-state index in [1.807, 2.05) is 38.1 Å². The summed E-state index contributed by atoms with van der Waals surface area (Å²) in [5.74, 6) is 1.89. The van der Waals surface area contributed by atoms with Crippen molar-refractivity contribution in [3.05, 3.63) is 130 Å². The van der Waals surface area contributed by atoms with E-state index in [9.17, 15) is 10.4 Å². The number of nitrogens with zero attached hydrogens (tertiary/aromatic N) is 3. The summed E-state index contributed by atoms with van der Waals surface area (Å²) in [5.41, 5.74) is 9.98. The molecule has 10 heteroatoms. The lowest BCUT2D eigenvalue weighted by molar-refractivity contribution is -0.152. The van der Waals surface area contributed by atoms with Gasteiger partial charge in [0.05, 0.1) is 16.7 Å². The van der Waals surface area contributed by atoms with Gasteiger partial charge in [-0.25, -0.2) is 0 Å². The predicted octanol–water partition coefficient (Wildman–Crippen LogP) is 9.06. The zero-order valence-electron chi connectivity index (χ0n) is 31.9. The number of aromatic nitrogens is 1. The van der Waals surface area contributed by atoms with Crippen LogP contribution in [0.4, 0.5) is 0 Å². The zero-order chi connectivity index (χ0) is 38.7. The van der Waals surface area contributed by atoms with E-state index in [-0.39, 0.29) is 12.7 Å². The van der Waals surface area contributed by atoms with Crippen molar-refractivity contribution < 1.29 is 28.8 Å². The molecule has 55 heavy (non-hydrogen) atoms. The first-order valence-electron chi connectivity index (χ1n) is 18.7. The maximum atomic E-state index is 10.1. The van der Waals surface area contributed by atoms with Crippen molar-refractivity contribution in [1.29, 1.82) is 5.26 Å². The van der Waals surface area contributed by atoms with E-state index in [0.717, 1.165) is 63.2 Å². The van der Waals surface area contributed by atoms with Gasteiger partial charge in [0.25, 0.3) is 0 Å². The highest BCUT2D eigenvalue weighted by molar-refractivity contribution is 6.32. The fourth-order valence-corrected chi connectivity index (χ4v) is 7.11. The SMILES string of the molecule is CCOC(COc1ccc(-c2cccc(-c3cccc(COc4cc(OCc5cncc(C#N)c5)c(CN5CCC(O)C5)cc4Cl)c3C)c2C)cc1)OCC. The highest BCUT2D eigenvalue weighted by Gasteiger charge is 2.23. The van der Waals surface area contributed by atoms with Gasteiger partial charge in [-0.05, 0) is 97.3 Å². The van der Waals surface area contributed by atoms with Gasteiger partial charge in [-0.2, -0.15) is 5.26 Å². The Kier molecular flexibility index (Phi) is 13.8. The molecule has 1 saturated heterocycles. The molecule has 2 heterocycles. The smallest absolute Gasteiger partial charge is 0.191 e. The highest BCUT2D eigenvalue weighted by atomic mass is 35.5. The number of hydrogen-bond donors (Lipinski definition) is 1. The molecule has 1 aromatic heterocycles. The molecule has 1 aliphatic heterocycles. The first-order chi connectivity index (χ1) is 26.8. The first kappa shape index (κ1) is 39.7. The van der Waals surface area contributed by atoms with E-state index < -0.39 is 6.29 Å². The molecule has 286 valence electrons. The third-order valence-electron chi connectivity index (χ3n) is 9.78. The Morgan fingerprint density at radius 2 is 1.55 bits per heavy atom. The lowest BCUT2D eigenvalue weighted by atomic mass is 9.89. The summed E-state index contributed by atoms with van der Waals surface area (Å²) in [6.45, 7) is 12.1. The molecule has 1 fully saturated rings. The minimum atomic E-state index is -0.397. The second kappa shape index (κ2) is 19.1. The van der Waals surface area contributed by atoms with E-state index in [4.69, 9.17) is 35.3 Å². The van der Waals surface area contributed by atoms with E-state index >= 15 is 0 Å². The average molecular weight is 762 g/mol. The number of halogens is 1. The summed E-state index contributed by atoms with van der Waals surface area (Å²) in [6, 6.07) is 28.4. The van der Waals surface area contributed by atoms with Gasteiger partial charge in [-0.1, -0.05) is 60.1 Å². The average Bonchev–Trinajstić information content (AvgIpc) is 3.61. The normalized spacial score (nSPS) is 14.3. The lowest BCUT2D eigenvalue weighted by Gasteiger charge is -2.20. The molecule has 9 nitrogen and oxygen atoms in total. The standard InChI is InChI=1S/C45H48ClN3O6/c1-5-51-45(52-6-2)29-53-38-15-13-34(14-16-38)39-10-8-12-41(31(39)4)40-11-7-9-35(30(40)3)28-55-44-21-43(54-27-33-19-32(22-47)23-48-24-33)36(20-42(44)46)25-49-18-17-37(50)26-49/h7-16,19-21,23-24,37,45,50H,5-6,17-18,25-29H2,1-4H3. The number of β-amino-alcohol motifs (C(OH)–C–C–N with tert-alkyl or cyclic N) is 1. The molecule has 6 rings (SSSR count). The van der Waals surface area contributed by atoms with Crippen molar-refractivity contribution in [2.45, 2.75) is 66.3 Å². The van der Waals surface area contributed by atoms with Crippen LogP contribution in [0.2, 0.25) is 5.02 Å². The van der Waals surface area contributed by atoms with E-state index in [1.54, 1.807) is 12.3 Å². The van der Waals surface area contributed by atoms with Crippen molar-refractivity contribution in [1.82, 2.24) is 9.88 Å². The van der Waals surface area contributed by atoms with Crippen LogP contribution in [-0.4, -0.2) is 60.3 Å². The van der Waals surface area contributed by atoms with Gasteiger partial charge >= 0.3 is 0 Å². The monoisotopic (exact) mass is 761 g/mol. The molecular formula is C45H48ClN3O6. The van der Waals surface area contributed by atoms with Crippen molar-refractivity contribution in [3.63, 3.8) is 0 Å².